The standard InChI is InChI=1S/C16H28N2O2S/c1-7-8-17-11-14-9-12(2)13(3)15(10-14)21(19,20)18-16(4,5)6/h9-10,17-18H,7-8,11H2,1-6H3. The molecule has 1 aromatic rings. The normalized spacial score (nSPS) is 12.7. The molecule has 21 heavy (non-hydrogen) atoms. The molecule has 0 aliphatic carbocycles. The van der Waals surface area contributed by atoms with E-state index in [1.165, 1.54) is 0 Å². The second-order valence-electron chi connectivity index (χ2n) is 6.57. The van der Waals surface area contributed by atoms with Gasteiger partial charge in [0.1, 0.15) is 0 Å². The van der Waals surface area contributed by atoms with Crippen molar-refractivity contribution in [3.8, 4) is 0 Å². The van der Waals surface area contributed by atoms with Crippen LogP contribution in [0.25, 0.3) is 0 Å². The first-order valence-corrected chi connectivity index (χ1v) is 8.90. The van der Waals surface area contributed by atoms with Gasteiger partial charge in [0.05, 0.1) is 4.90 Å². The zero-order valence-corrected chi connectivity index (χ0v) is 14.8. The zero-order chi connectivity index (χ0) is 16.3. The molecule has 120 valence electrons. The van der Waals surface area contributed by atoms with Crippen molar-refractivity contribution in [1.29, 1.82) is 0 Å². The lowest BCUT2D eigenvalue weighted by atomic mass is 10.1. The first-order valence-electron chi connectivity index (χ1n) is 7.41. The lowest BCUT2D eigenvalue weighted by molar-refractivity contribution is 0.491. The maximum Gasteiger partial charge on any atom is 0.241 e. The maximum atomic E-state index is 12.6. The Balaban J connectivity index is 3.16. The summed E-state index contributed by atoms with van der Waals surface area (Å²) < 4.78 is 27.9. The number of rotatable bonds is 6. The first kappa shape index (κ1) is 18.1. The lowest BCUT2D eigenvalue weighted by Crippen LogP contribution is -2.40. The van der Waals surface area contributed by atoms with Gasteiger partial charge in [-0.3, -0.25) is 0 Å². The zero-order valence-electron chi connectivity index (χ0n) is 14.0. The van der Waals surface area contributed by atoms with Crippen LogP contribution < -0.4 is 10.0 Å². The first-order chi connectivity index (χ1) is 9.57. The Kier molecular flexibility index (Phi) is 5.96. The molecule has 4 nitrogen and oxygen atoms in total. The number of hydrogen-bond acceptors (Lipinski definition) is 3. The molecule has 0 bridgehead atoms. The van der Waals surface area contributed by atoms with Gasteiger partial charge in [-0.1, -0.05) is 13.0 Å². The molecule has 0 radical (unpaired) electrons. The highest BCUT2D eigenvalue weighted by molar-refractivity contribution is 7.89. The van der Waals surface area contributed by atoms with Gasteiger partial charge in [-0.05, 0) is 70.3 Å². The van der Waals surface area contributed by atoms with Crippen LogP contribution in [0.4, 0.5) is 0 Å². The molecular formula is C16H28N2O2S. The molecule has 0 fully saturated rings. The van der Waals surface area contributed by atoms with Crippen LogP contribution >= 0.6 is 0 Å². The Morgan fingerprint density at radius 1 is 1.14 bits per heavy atom. The Bertz CT molecular complexity index is 587. The summed E-state index contributed by atoms with van der Waals surface area (Å²) in [7, 11) is -3.50. The van der Waals surface area contributed by atoms with Crippen molar-refractivity contribution in [2.45, 2.75) is 64.9 Å². The summed E-state index contributed by atoms with van der Waals surface area (Å²) in [5.74, 6) is 0. The summed E-state index contributed by atoms with van der Waals surface area (Å²) in [4.78, 5) is 0.380. The highest BCUT2D eigenvalue weighted by Crippen LogP contribution is 2.22. The summed E-state index contributed by atoms with van der Waals surface area (Å²) in [6, 6.07) is 3.83. The van der Waals surface area contributed by atoms with E-state index in [1.807, 2.05) is 40.7 Å². The van der Waals surface area contributed by atoms with Gasteiger partial charge in [0.15, 0.2) is 0 Å². The van der Waals surface area contributed by atoms with E-state index in [2.05, 4.69) is 17.0 Å². The second-order valence-corrected chi connectivity index (χ2v) is 8.22. The molecule has 1 rings (SSSR count). The van der Waals surface area contributed by atoms with Crippen LogP contribution in [-0.2, 0) is 16.6 Å². The Morgan fingerprint density at radius 2 is 1.76 bits per heavy atom. The molecule has 0 aliphatic heterocycles. The Hall–Kier alpha value is -0.910. The molecule has 0 unspecified atom stereocenters. The Morgan fingerprint density at radius 3 is 2.29 bits per heavy atom. The largest absolute Gasteiger partial charge is 0.313 e. The topological polar surface area (TPSA) is 58.2 Å². The third-order valence-electron chi connectivity index (χ3n) is 3.17. The molecule has 0 aromatic heterocycles. The van der Waals surface area contributed by atoms with E-state index in [0.29, 0.717) is 11.4 Å². The predicted molar refractivity (Wildman–Crippen MR) is 88.0 cm³/mol. The highest BCUT2D eigenvalue weighted by Gasteiger charge is 2.24. The number of hydrogen-bond donors (Lipinski definition) is 2. The number of benzene rings is 1. The quantitative estimate of drug-likeness (QED) is 0.794. The van der Waals surface area contributed by atoms with Gasteiger partial charge in [0.25, 0.3) is 0 Å². The molecular weight excluding hydrogens is 284 g/mol. The lowest BCUT2D eigenvalue weighted by Gasteiger charge is -2.22. The summed E-state index contributed by atoms with van der Waals surface area (Å²) in [6.45, 7) is 13.1. The van der Waals surface area contributed by atoms with E-state index >= 15 is 0 Å². The number of sulfonamides is 1. The van der Waals surface area contributed by atoms with Crippen LogP contribution in [0.1, 0.15) is 50.8 Å². The number of aryl methyl sites for hydroxylation is 1. The summed E-state index contributed by atoms with van der Waals surface area (Å²) >= 11 is 0. The Labute approximate surface area is 129 Å². The molecule has 1 aromatic carbocycles. The van der Waals surface area contributed by atoms with Crippen LogP contribution in [0, 0.1) is 13.8 Å². The van der Waals surface area contributed by atoms with Crippen molar-refractivity contribution < 1.29 is 8.42 Å². The molecule has 0 spiro atoms. The smallest absolute Gasteiger partial charge is 0.241 e. The molecule has 2 N–H and O–H groups in total. The highest BCUT2D eigenvalue weighted by atomic mass is 32.2. The SMILES string of the molecule is CCCNCc1cc(C)c(C)c(S(=O)(=O)NC(C)(C)C)c1. The summed E-state index contributed by atoms with van der Waals surface area (Å²) in [6.07, 6.45) is 1.06. The second kappa shape index (κ2) is 6.90. The van der Waals surface area contributed by atoms with Crippen LogP contribution in [0.3, 0.4) is 0 Å². The predicted octanol–water partition coefficient (Wildman–Crippen LogP) is 2.88. The van der Waals surface area contributed by atoms with Gasteiger partial charge >= 0.3 is 0 Å². The molecule has 0 aliphatic rings. The molecule has 5 heteroatoms. The van der Waals surface area contributed by atoms with Crippen molar-refractivity contribution >= 4 is 10.0 Å². The van der Waals surface area contributed by atoms with Crippen LogP contribution in [0.2, 0.25) is 0 Å². The van der Waals surface area contributed by atoms with Crippen LogP contribution in [-0.4, -0.2) is 20.5 Å². The third kappa shape index (κ3) is 5.41. The van der Waals surface area contributed by atoms with Gasteiger partial charge in [0, 0.05) is 12.1 Å². The van der Waals surface area contributed by atoms with E-state index in [-0.39, 0.29) is 0 Å². The van der Waals surface area contributed by atoms with Crippen molar-refractivity contribution in [2.24, 2.45) is 0 Å². The minimum Gasteiger partial charge on any atom is -0.313 e. The van der Waals surface area contributed by atoms with Gasteiger partial charge in [-0.15, -0.1) is 0 Å². The third-order valence-corrected chi connectivity index (χ3v) is 5.05. The average Bonchev–Trinajstić information content (AvgIpc) is 2.30. The van der Waals surface area contributed by atoms with E-state index in [1.54, 1.807) is 6.07 Å². The van der Waals surface area contributed by atoms with Crippen molar-refractivity contribution in [3.63, 3.8) is 0 Å². The van der Waals surface area contributed by atoms with Crippen molar-refractivity contribution in [1.82, 2.24) is 10.0 Å². The van der Waals surface area contributed by atoms with Crippen molar-refractivity contribution in [2.75, 3.05) is 6.54 Å². The van der Waals surface area contributed by atoms with Crippen LogP contribution in [0.5, 0.6) is 0 Å². The fourth-order valence-electron chi connectivity index (χ4n) is 2.15. The minimum absolute atomic E-state index is 0.380. The fraction of sp³-hybridized carbons (Fsp3) is 0.625. The van der Waals surface area contributed by atoms with E-state index in [9.17, 15) is 8.42 Å². The van der Waals surface area contributed by atoms with Crippen LogP contribution in [0.15, 0.2) is 17.0 Å². The summed E-state index contributed by atoms with van der Waals surface area (Å²) in [5, 5.41) is 3.31. The molecule has 0 atom stereocenters. The number of nitrogens with one attached hydrogen (secondary N) is 2. The van der Waals surface area contributed by atoms with Gasteiger partial charge < -0.3 is 5.32 Å². The molecule has 0 heterocycles. The fourth-order valence-corrected chi connectivity index (χ4v) is 3.93. The molecule has 0 amide bonds. The molecule has 0 saturated carbocycles. The monoisotopic (exact) mass is 312 g/mol. The van der Waals surface area contributed by atoms with Gasteiger partial charge in [-0.25, -0.2) is 13.1 Å². The van der Waals surface area contributed by atoms with Gasteiger partial charge in [0.2, 0.25) is 10.0 Å². The van der Waals surface area contributed by atoms with E-state index in [0.717, 1.165) is 29.7 Å². The minimum atomic E-state index is -3.50. The van der Waals surface area contributed by atoms with E-state index < -0.39 is 15.6 Å². The molecule has 0 saturated heterocycles. The van der Waals surface area contributed by atoms with Crippen molar-refractivity contribution in [3.05, 3.63) is 28.8 Å². The van der Waals surface area contributed by atoms with E-state index in [4.69, 9.17) is 0 Å². The maximum absolute atomic E-state index is 12.6. The average molecular weight is 312 g/mol. The van der Waals surface area contributed by atoms with Gasteiger partial charge in [-0.2, -0.15) is 0 Å². The summed E-state index contributed by atoms with van der Waals surface area (Å²) in [5.41, 5.74) is 2.32.